The van der Waals surface area contributed by atoms with Gasteiger partial charge in [-0.25, -0.2) is 0 Å². The maximum absolute atomic E-state index is 13.2. The highest BCUT2D eigenvalue weighted by molar-refractivity contribution is 9.10. The number of ether oxygens (including phenoxy) is 1. The van der Waals surface area contributed by atoms with Gasteiger partial charge < -0.3 is 14.7 Å². The molecule has 2 heterocycles. The normalized spacial score (nSPS) is 17.4. The van der Waals surface area contributed by atoms with E-state index in [0.717, 1.165) is 21.2 Å². The van der Waals surface area contributed by atoms with Crippen LogP contribution in [0.3, 0.4) is 0 Å². The summed E-state index contributed by atoms with van der Waals surface area (Å²) in [5, 5.41) is 11.3. The molecule has 4 rings (SSSR count). The van der Waals surface area contributed by atoms with Gasteiger partial charge in [0.05, 0.1) is 17.7 Å². The highest BCUT2D eigenvalue weighted by atomic mass is 79.9. The molecule has 1 aliphatic heterocycles. The van der Waals surface area contributed by atoms with Crippen molar-refractivity contribution in [3.8, 4) is 5.75 Å². The minimum absolute atomic E-state index is 0.00692. The first-order chi connectivity index (χ1) is 16.3. The second-order valence-corrected chi connectivity index (χ2v) is 9.41. The predicted octanol–water partition coefficient (Wildman–Crippen LogP) is 5.56. The van der Waals surface area contributed by atoms with E-state index in [-0.39, 0.29) is 24.0 Å². The maximum Gasteiger partial charge on any atom is 0.295 e. The Morgan fingerprint density at radius 2 is 1.94 bits per heavy atom. The maximum atomic E-state index is 13.2. The number of pyridine rings is 1. The van der Waals surface area contributed by atoms with Crippen LogP contribution in [0, 0.1) is 6.92 Å². The van der Waals surface area contributed by atoms with Gasteiger partial charge in [-0.15, -0.1) is 0 Å². The number of nitrogens with zero attached hydrogens (tertiary/aromatic N) is 2. The molecule has 1 fully saturated rings. The molecule has 0 aliphatic carbocycles. The molecule has 6 nitrogen and oxygen atoms in total. The Morgan fingerprint density at radius 1 is 1.15 bits per heavy atom. The number of likely N-dealkylation sites (tertiary alicyclic amines) is 1. The molecule has 1 aromatic heterocycles. The number of carbonyl (C=O) groups is 2. The zero-order valence-electron chi connectivity index (χ0n) is 19.2. The third-order valence-electron chi connectivity index (χ3n) is 5.59. The Morgan fingerprint density at radius 3 is 2.59 bits per heavy atom. The summed E-state index contributed by atoms with van der Waals surface area (Å²) in [5.41, 5.74) is 2.84. The largest absolute Gasteiger partial charge is 0.507 e. The molecule has 174 valence electrons. The van der Waals surface area contributed by atoms with Crippen molar-refractivity contribution in [3.05, 3.63) is 99.3 Å². The van der Waals surface area contributed by atoms with Gasteiger partial charge in [-0.3, -0.25) is 14.6 Å². The van der Waals surface area contributed by atoms with Crippen LogP contribution in [0.25, 0.3) is 5.76 Å². The third-order valence-corrected chi connectivity index (χ3v) is 6.08. The number of aliphatic hydroxyl groups excluding tert-OH is 1. The lowest BCUT2D eigenvalue weighted by Gasteiger charge is -2.25. The molecular formula is C27H25BrN2O4. The van der Waals surface area contributed by atoms with E-state index in [4.69, 9.17) is 4.74 Å². The van der Waals surface area contributed by atoms with Crippen LogP contribution in [0.1, 0.15) is 42.1 Å². The Labute approximate surface area is 207 Å². The van der Waals surface area contributed by atoms with Gasteiger partial charge in [-0.05, 0) is 73.9 Å². The highest BCUT2D eigenvalue weighted by Crippen LogP contribution is 2.41. The Balaban J connectivity index is 1.83. The molecule has 1 saturated heterocycles. The molecule has 0 unspecified atom stereocenters. The smallest absolute Gasteiger partial charge is 0.295 e. The van der Waals surface area contributed by atoms with Crippen LogP contribution in [0.4, 0.5) is 0 Å². The summed E-state index contributed by atoms with van der Waals surface area (Å²) in [6, 6.07) is 15.5. The van der Waals surface area contributed by atoms with Crippen molar-refractivity contribution >= 4 is 33.4 Å². The summed E-state index contributed by atoms with van der Waals surface area (Å²) in [6.45, 7) is 5.94. The zero-order valence-corrected chi connectivity index (χ0v) is 20.7. The molecule has 0 saturated carbocycles. The number of aryl methyl sites for hydroxylation is 1. The number of aromatic nitrogens is 1. The monoisotopic (exact) mass is 520 g/mol. The van der Waals surface area contributed by atoms with Gasteiger partial charge in [-0.1, -0.05) is 34.1 Å². The van der Waals surface area contributed by atoms with Crippen LogP contribution in [0.2, 0.25) is 0 Å². The molecule has 1 aliphatic rings. The lowest BCUT2D eigenvalue weighted by Crippen LogP contribution is -2.29. The molecule has 0 bridgehead atoms. The number of amides is 1. The average molecular weight is 521 g/mol. The minimum Gasteiger partial charge on any atom is -0.507 e. The topological polar surface area (TPSA) is 79.7 Å². The Kier molecular flexibility index (Phi) is 6.84. The number of hydrogen-bond acceptors (Lipinski definition) is 5. The molecule has 1 N–H and O–H groups in total. The van der Waals surface area contributed by atoms with Crippen LogP contribution in [0.5, 0.6) is 5.75 Å². The lowest BCUT2D eigenvalue weighted by molar-refractivity contribution is -0.140. The highest BCUT2D eigenvalue weighted by Gasteiger charge is 2.46. The quantitative estimate of drug-likeness (QED) is 0.261. The van der Waals surface area contributed by atoms with Gasteiger partial charge in [0.15, 0.2) is 0 Å². The first-order valence-electron chi connectivity index (χ1n) is 11.0. The van der Waals surface area contributed by atoms with E-state index in [9.17, 15) is 14.7 Å². The molecule has 34 heavy (non-hydrogen) atoms. The SMILES string of the molecule is Cc1cc(C(O)=C2C(=O)C(=O)N(Cc3cccnc3)[C@@H]2c2cccc(Br)c2)ccc1OC(C)C. The van der Waals surface area contributed by atoms with Crippen molar-refractivity contribution in [1.29, 1.82) is 0 Å². The van der Waals surface area contributed by atoms with E-state index in [0.29, 0.717) is 11.3 Å². The fraction of sp³-hybridized carbons (Fsp3) is 0.222. The molecule has 3 aromatic rings. The average Bonchev–Trinajstić information content (AvgIpc) is 3.05. The molecular weight excluding hydrogens is 496 g/mol. The molecule has 1 atom stereocenters. The first-order valence-corrected chi connectivity index (χ1v) is 11.8. The Hall–Kier alpha value is -3.45. The third kappa shape index (κ3) is 4.75. The number of carbonyl (C=O) groups excluding carboxylic acids is 2. The van der Waals surface area contributed by atoms with E-state index in [1.54, 1.807) is 36.7 Å². The fourth-order valence-corrected chi connectivity index (χ4v) is 4.51. The van der Waals surface area contributed by atoms with E-state index in [1.807, 2.05) is 51.1 Å². The number of rotatable bonds is 6. The van der Waals surface area contributed by atoms with Crippen molar-refractivity contribution in [3.63, 3.8) is 0 Å². The minimum atomic E-state index is -0.746. The van der Waals surface area contributed by atoms with Gasteiger partial charge in [0, 0.05) is 29.0 Å². The van der Waals surface area contributed by atoms with Gasteiger partial charge >= 0.3 is 0 Å². The number of benzene rings is 2. The van der Waals surface area contributed by atoms with E-state index < -0.39 is 17.7 Å². The Bertz CT molecular complexity index is 1270. The number of ketones is 1. The fourth-order valence-electron chi connectivity index (χ4n) is 4.09. The first kappa shape index (κ1) is 23.7. The molecule has 0 radical (unpaired) electrons. The lowest BCUT2D eigenvalue weighted by atomic mass is 9.94. The van der Waals surface area contributed by atoms with Gasteiger partial charge in [0.2, 0.25) is 0 Å². The summed E-state index contributed by atoms with van der Waals surface area (Å²) in [6.07, 6.45) is 3.32. The zero-order chi connectivity index (χ0) is 24.4. The van der Waals surface area contributed by atoms with E-state index in [1.165, 1.54) is 4.90 Å². The van der Waals surface area contributed by atoms with Gasteiger partial charge in [0.1, 0.15) is 11.5 Å². The number of Topliss-reactive ketones (excluding diaryl/α,β-unsaturated/α-hetero) is 1. The van der Waals surface area contributed by atoms with Gasteiger partial charge in [-0.2, -0.15) is 0 Å². The summed E-state index contributed by atoms with van der Waals surface area (Å²) in [4.78, 5) is 32.0. The van der Waals surface area contributed by atoms with Crippen LogP contribution >= 0.6 is 15.9 Å². The van der Waals surface area contributed by atoms with Crippen molar-refractivity contribution in [2.24, 2.45) is 0 Å². The molecule has 0 spiro atoms. The molecule has 2 aromatic carbocycles. The summed E-state index contributed by atoms with van der Waals surface area (Å²) in [5.74, 6) is -0.887. The summed E-state index contributed by atoms with van der Waals surface area (Å²) >= 11 is 3.47. The molecule has 7 heteroatoms. The summed E-state index contributed by atoms with van der Waals surface area (Å²) < 4.78 is 6.60. The van der Waals surface area contributed by atoms with Crippen LogP contribution < -0.4 is 4.74 Å². The molecule has 1 amide bonds. The second-order valence-electron chi connectivity index (χ2n) is 8.49. The van der Waals surface area contributed by atoms with E-state index >= 15 is 0 Å². The van der Waals surface area contributed by atoms with Crippen molar-refractivity contribution in [1.82, 2.24) is 9.88 Å². The summed E-state index contributed by atoms with van der Waals surface area (Å²) in [7, 11) is 0. The van der Waals surface area contributed by atoms with Crippen LogP contribution in [-0.2, 0) is 16.1 Å². The predicted molar refractivity (Wildman–Crippen MR) is 133 cm³/mol. The van der Waals surface area contributed by atoms with E-state index in [2.05, 4.69) is 20.9 Å². The van der Waals surface area contributed by atoms with Crippen molar-refractivity contribution in [2.45, 2.75) is 39.5 Å². The number of aliphatic hydroxyl groups is 1. The van der Waals surface area contributed by atoms with Crippen LogP contribution in [0.15, 0.2) is 77.0 Å². The second kappa shape index (κ2) is 9.81. The van der Waals surface area contributed by atoms with Crippen molar-refractivity contribution in [2.75, 3.05) is 0 Å². The number of hydrogen-bond donors (Lipinski definition) is 1. The van der Waals surface area contributed by atoms with Crippen LogP contribution in [-0.4, -0.2) is 32.8 Å². The van der Waals surface area contributed by atoms with Crippen molar-refractivity contribution < 1.29 is 19.4 Å². The number of halogens is 1. The standard InChI is InChI=1S/C27H25BrN2O4/c1-16(2)34-22-10-9-20(12-17(22)3)25(31)23-24(19-7-4-8-21(28)13-19)30(27(33)26(23)32)15-18-6-5-11-29-14-18/h4-14,16,24,31H,15H2,1-3H3/t24-/m1/s1. The van der Waals surface area contributed by atoms with Gasteiger partial charge in [0.25, 0.3) is 11.7 Å².